The molecule has 0 aliphatic rings. The van der Waals surface area contributed by atoms with Gasteiger partial charge in [0.25, 0.3) is 5.69 Å². The summed E-state index contributed by atoms with van der Waals surface area (Å²) < 4.78 is 0. The Labute approximate surface area is 106 Å². The Hall–Kier alpha value is -2.59. The molecule has 2 aromatic rings. The highest BCUT2D eigenvalue weighted by atomic mass is 32.1. The molecule has 0 aliphatic heterocycles. The van der Waals surface area contributed by atoms with E-state index in [2.05, 4.69) is 15.6 Å². The molecule has 0 bridgehead atoms. The lowest BCUT2D eigenvalue weighted by Crippen LogP contribution is -1.85. The normalized spacial score (nSPS) is 10.4. The number of nitro groups is 1. The van der Waals surface area contributed by atoms with Gasteiger partial charge in [-0.25, -0.2) is 0 Å². The van der Waals surface area contributed by atoms with Gasteiger partial charge in [0.1, 0.15) is 11.1 Å². The van der Waals surface area contributed by atoms with Gasteiger partial charge in [0, 0.05) is 12.1 Å². The number of hydrogen-bond acceptors (Lipinski definition) is 6. The average molecular weight is 257 g/mol. The highest BCUT2D eigenvalue weighted by Crippen LogP contribution is 2.25. The van der Waals surface area contributed by atoms with Crippen molar-refractivity contribution < 1.29 is 4.92 Å². The summed E-state index contributed by atoms with van der Waals surface area (Å²) in [6, 6.07) is 9.23. The quantitative estimate of drug-likeness (QED) is 0.476. The second-order valence-corrected chi connectivity index (χ2v) is 4.01. The molecule has 0 fully saturated rings. The fraction of sp³-hybridized carbons (Fsp3) is 0. The summed E-state index contributed by atoms with van der Waals surface area (Å²) in [4.78, 5) is 9.97. The molecular formula is C11H5N4O2S. The zero-order valence-electron chi connectivity index (χ0n) is 8.90. The number of thiophene rings is 1. The second-order valence-electron chi connectivity index (χ2n) is 3.19. The molecule has 0 amide bonds. The number of nitro benzene ring substituents is 1. The van der Waals surface area contributed by atoms with Crippen LogP contribution in [0.15, 0.2) is 40.6 Å². The molecule has 87 valence electrons. The van der Waals surface area contributed by atoms with E-state index in [9.17, 15) is 10.1 Å². The Morgan fingerprint density at radius 1 is 1.33 bits per heavy atom. The van der Waals surface area contributed by atoms with Crippen LogP contribution in [0.25, 0.3) is 0 Å². The molecule has 0 N–H and O–H groups in total. The molecule has 0 aliphatic carbocycles. The lowest BCUT2D eigenvalue weighted by atomic mass is 10.3. The molecule has 0 atom stereocenters. The molecule has 1 aromatic heterocycles. The number of non-ortho nitro benzene ring substituents is 1. The van der Waals surface area contributed by atoms with Gasteiger partial charge in [-0.2, -0.15) is 5.26 Å². The number of nitriles is 1. The molecule has 0 saturated heterocycles. The van der Waals surface area contributed by atoms with Gasteiger partial charge in [-0.05, 0) is 18.2 Å². The molecule has 0 unspecified atom stereocenters. The third-order valence-corrected chi connectivity index (χ3v) is 2.71. The van der Waals surface area contributed by atoms with E-state index < -0.39 is 4.92 Å². The summed E-state index contributed by atoms with van der Waals surface area (Å²) in [5, 5.41) is 30.2. The molecule has 7 heteroatoms. The molecule has 0 spiro atoms. The van der Waals surface area contributed by atoms with Crippen molar-refractivity contribution in [2.45, 2.75) is 0 Å². The maximum Gasteiger partial charge on any atom is 0.269 e. The molecule has 1 heterocycles. The number of hydrogen-bond donors (Lipinski definition) is 0. The molecule has 0 saturated carbocycles. The first-order chi connectivity index (χ1) is 8.69. The van der Waals surface area contributed by atoms with E-state index >= 15 is 0 Å². The van der Waals surface area contributed by atoms with Crippen LogP contribution in [0, 0.1) is 26.8 Å². The minimum absolute atomic E-state index is 0.00479. The summed E-state index contributed by atoms with van der Waals surface area (Å²) in [7, 11) is 0. The van der Waals surface area contributed by atoms with Crippen molar-refractivity contribution >= 4 is 27.7 Å². The van der Waals surface area contributed by atoms with Gasteiger partial charge in [-0.15, -0.1) is 21.6 Å². The Bertz CT molecular complexity index is 640. The molecule has 1 aromatic carbocycles. The summed E-state index contributed by atoms with van der Waals surface area (Å²) in [6.07, 6.45) is 0. The van der Waals surface area contributed by atoms with Gasteiger partial charge in [-0.3, -0.25) is 10.1 Å². The van der Waals surface area contributed by atoms with Crippen LogP contribution in [0.4, 0.5) is 16.4 Å². The van der Waals surface area contributed by atoms with E-state index in [-0.39, 0.29) is 5.69 Å². The van der Waals surface area contributed by atoms with Crippen LogP contribution in [0.3, 0.4) is 0 Å². The smallest absolute Gasteiger partial charge is 0.258 e. The third kappa shape index (κ3) is 2.75. The van der Waals surface area contributed by atoms with Crippen molar-refractivity contribution in [3.8, 4) is 6.07 Å². The number of azo groups is 1. The molecule has 18 heavy (non-hydrogen) atoms. The van der Waals surface area contributed by atoms with Crippen LogP contribution in [0.2, 0.25) is 0 Å². The standard InChI is InChI=1S/C11H5N4O2S/c12-6-8-5-11(18-7-8)14-13-9-1-3-10(4-2-9)15(16)17/h1-5H/b14-13+. The van der Waals surface area contributed by atoms with Crippen molar-refractivity contribution in [2.24, 2.45) is 10.2 Å². The van der Waals surface area contributed by atoms with E-state index in [1.54, 1.807) is 6.07 Å². The highest BCUT2D eigenvalue weighted by Gasteiger charge is 2.03. The Morgan fingerprint density at radius 3 is 2.61 bits per heavy atom. The maximum absolute atomic E-state index is 10.4. The predicted octanol–water partition coefficient (Wildman–Crippen LogP) is 3.74. The van der Waals surface area contributed by atoms with Gasteiger partial charge in [0.15, 0.2) is 0 Å². The van der Waals surface area contributed by atoms with Crippen molar-refractivity contribution in [3.63, 3.8) is 0 Å². The summed E-state index contributed by atoms with van der Waals surface area (Å²) >= 11 is 1.19. The van der Waals surface area contributed by atoms with E-state index in [0.717, 1.165) is 0 Å². The van der Waals surface area contributed by atoms with E-state index in [1.807, 2.05) is 6.07 Å². The van der Waals surface area contributed by atoms with Gasteiger partial charge in [-0.1, -0.05) is 0 Å². The molecule has 1 radical (unpaired) electrons. The summed E-state index contributed by atoms with van der Waals surface area (Å²) in [5.74, 6) is 0. The number of nitrogens with zero attached hydrogens (tertiary/aromatic N) is 4. The SMILES string of the molecule is N#Cc1[c]sc(/N=N/c2ccc([N+](=O)[O-])cc2)c1. The fourth-order valence-corrected chi connectivity index (χ4v) is 1.72. The molecule has 2 rings (SSSR count). The largest absolute Gasteiger partial charge is 0.269 e. The third-order valence-electron chi connectivity index (χ3n) is 1.98. The van der Waals surface area contributed by atoms with Crippen molar-refractivity contribution in [2.75, 3.05) is 0 Å². The maximum atomic E-state index is 10.4. The lowest BCUT2D eigenvalue weighted by Gasteiger charge is -1.91. The first-order valence-corrected chi connectivity index (χ1v) is 5.58. The number of benzene rings is 1. The van der Waals surface area contributed by atoms with Crippen LogP contribution >= 0.6 is 11.3 Å². The first-order valence-electron chi connectivity index (χ1n) is 4.77. The zero-order valence-corrected chi connectivity index (χ0v) is 9.72. The minimum atomic E-state index is -0.478. The Balaban J connectivity index is 2.14. The molecular weight excluding hydrogens is 252 g/mol. The van der Waals surface area contributed by atoms with Crippen molar-refractivity contribution in [1.82, 2.24) is 0 Å². The van der Waals surface area contributed by atoms with E-state index in [4.69, 9.17) is 5.26 Å². The van der Waals surface area contributed by atoms with E-state index in [1.165, 1.54) is 35.6 Å². The molecule has 6 nitrogen and oxygen atoms in total. The highest BCUT2D eigenvalue weighted by molar-refractivity contribution is 7.13. The van der Waals surface area contributed by atoms with Crippen LogP contribution in [-0.2, 0) is 0 Å². The monoisotopic (exact) mass is 257 g/mol. The van der Waals surface area contributed by atoms with Crippen LogP contribution < -0.4 is 0 Å². The topological polar surface area (TPSA) is 91.7 Å². The van der Waals surface area contributed by atoms with Crippen LogP contribution in [0.1, 0.15) is 5.56 Å². The Kier molecular flexibility index (Phi) is 3.41. The number of rotatable bonds is 3. The fourth-order valence-electron chi connectivity index (χ4n) is 1.14. The van der Waals surface area contributed by atoms with Gasteiger partial charge in [0.05, 0.1) is 21.6 Å². The van der Waals surface area contributed by atoms with Crippen molar-refractivity contribution in [1.29, 1.82) is 5.26 Å². The van der Waals surface area contributed by atoms with Crippen LogP contribution in [0.5, 0.6) is 0 Å². The lowest BCUT2D eigenvalue weighted by molar-refractivity contribution is -0.384. The minimum Gasteiger partial charge on any atom is -0.258 e. The summed E-state index contributed by atoms with van der Waals surface area (Å²) in [6.45, 7) is 0. The second kappa shape index (κ2) is 5.16. The zero-order chi connectivity index (χ0) is 13.0. The average Bonchev–Trinajstić information content (AvgIpc) is 2.85. The summed E-state index contributed by atoms with van der Waals surface area (Å²) in [5.41, 5.74) is 0.926. The first kappa shape index (κ1) is 11.9. The van der Waals surface area contributed by atoms with Crippen molar-refractivity contribution in [3.05, 3.63) is 51.4 Å². The Morgan fingerprint density at radius 2 is 2.06 bits per heavy atom. The van der Waals surface area contributed by atoms with E-state index in [0.29, 0.717) is 16.3 Å². The van der Waals surface area contributed by atoms with Gasteiger partial charge < -0.3 is 0 Å². The van der Waals surface area contributed by atoms with Crippen LogP contribution in [-0.4, -0.2) is 4.92 Å². The van der Waals surface area contributed by atoms with Gasteiger partial charge >= 0.3 is 0 Å². The predicted molar refractivity (Wildman–Crippen MR) is 65.1 cm³/mol. The van der Waals surface area contributed by atoms with Gasteiger partial charge in [0.2, 0.25) is 0 Å².